The molecule has 0 atom stereocenters. The quantitative estimate of drug-likeness (QED) is 0.696. The highest BCUT2D eigenvalue weighted by atomic mass is 16.1. The van der Waals surface area contributed by atoms with E-state index in [0.29, 0.717) is 0 Å². The number of carbonyl (C=O) groups excluding carboxylic acids is 1. The molecule has 0 aliphatic carbocycles. The molecule has 0 unspecified atom stereocenters. The standard InChI is InChI=1S/C9H10N2O2/c10-8(12)3-1-2-7-4-5-11-9(13)6-7/h1-2,4-6H,3H2,(H2,10,12)(H,11,13). The Morgan fingerprint density at radius 2 is 2.38 bits per heavy atom. The van der Waals surface area contributed by atoms with Gasteiger partial charge in [-0.2, -0.15) is 0 Å². The number of aromatic nitrogens is 1. The van der Waals surface area contributed by atoms with Crippen molar-refractivity contribution in [2.45, 2.75) is 6.42 Å². The van der Waals surface area contributed by atoms with E-state index in [9.17, 15) is 9.59 Å². The van der Waals surface area contributed by atoms with E-state index in [0.717, 1.165) is 5.56 Å². The summed E-state index contributed by atoms with van der Waals surface area (Å²) < 4.78 is 0. The Hall–Kier alpha value is -1.84. The van der Waals surface area contributed by atoms with Crippen molar-refractivity contribution >= 4 is 12.0 Å². The number of primary amides is 1. The lowest BCUT2D eigenvalue weighted by Gasteiger charge is -1.89. The summed E-state index contributed by atoms with van der Waals surface area (Å²) in [7, 11) is 0. The first-order valence-corrected chi connectivity index (χ1v) is 3.82. The number of nitrogens with two attached hydrogens (primary N) is 1. The summed E-state index contributed by atoms with van der Waals surface area (Å²) in [5, 5.41) is 0. The molecule has 13 heavy (non-hydrogen) atoms. The number of H-pyrrole nitrogens is 1. The predicted molar refractivity (Wildman–Crippen MR) is 49.9 cm³/mol. The molecule has 0 saturated carbocycles. The lowest BCUT2D eigenvalue weighted by Crippen LogP contribution is -2.08. The van der Waals surface area contributed by atoms with Crippen molar-refractivity contribution in [3.63, 3.8) is 0 Å². The maximum absolute atomic E-state index is 10.8. The van der Waals surface area contributed by atoms with Gasteiger partial charge >= 0.3 is 0 Å². The number of carbonyl (C=O) groups is 1. The van der Waals surface area contributed by atoms with E-state index in [1.54, 1.807) is 24.4 Å². The highest BCUT2D eigenvalue weighted by Gasteiger charge is 1.89. The van der Waals surface area contributed by atoms with Gasteiger partial charge in [-0.25, -0.2) is 0 Å². The van der Waals surface area contributed by atoms with Crippen molar-refractivity contribution in [2.24, 2.45) is 5.73 Å². The number of hydrogen-bond acceptors (Lipinski definition) is 2. The van der Waals surface area contributed by atoms with Crippen LogP contribution in [-0.2, 0) is 4.79 Å². The predicted octanol–water partition coefficient (Wildman–Crippen LogP) is 0.263. The number of amides is 1. The SMILES string of the molecule is NC(=O)CC=Cc1cc[nH]c(=O)c1. The van der Waals surface area contributed by atoms with Crippen molar-refractivity contribution < 1.29 is 4.79 Å². The fraction of sp³-hybridized carbons (Fsp3) is 0.111. The Bertz CT molecular complexity index is 379. The topological polar surface area (TPSA) is 76.0 Å². The van der Waals surface area contributed by atoms with Gasteiger partial charge in [0.05, 0.1) is 0 Å². The molecule has 68 valence electrons. The minimum Gasteiger partial charge on any atom is -0.369 e. The summed E-state index contributed by atoms with van der Waals surface area (Å²) in [6.45, 7) is 0. The molecule has 1 aromatic rings. The van der Waals surface area contributed by atoms with Crippen LogP contribution in [-0.4, -0.2) is 10.9 Å². The van der Waals surface area contributed by atoms with Crippen molar-refractivity contribution in [2.75, 3.05) is 0 Å². The molecule has 1 aromatic heterocycles. The largest absolute Gasteiger partial charge is 0.369 e. The first-order valence-electron chi connectivity index (χ1n) is 3.82. The molecule has 0 spiro atoms. The average molecular weight is 178 g/mol. The molecule has 0 aromatic carbocycles. The van der Waals surface area contributed by atoms with Gasteiger partial charge in [0.2, 0.25) is 11.5 Å². The third-order valence-corrected chi connectivity index (χ3v) is 1.43. The van der Waals surface area contributed by atoms with E-state index in [1.165, 1.54) is 6.07 Å². The highest BCUT2D eigenvalue weighted by Crippen LogP contribution is 1.97. The van der Waals surface area contributed by atoms with E-state index in [-0.39, 0.29) is 17.9 Å². The molecular formula is C9H10N2O2. The Kier molecular flexibility index (Phi) is 3.03. The molecule has 0 fully saturated rings. The first-order chi connectivity index (χ1) is 6.18. The highest BCUT2D eigenvalue weighted by molar-refractivity contribution is 5.76. The Morgan fingerprint density at radius 3 is 3.00 bits per heavy atom. The van der Waals surface area contributed by atoms with Crippen molar-refractivity contribution in [1.82, 2.24) is 4.98 Å². The Balaban J connectivity index is 2.69. The Labute approximate surface area is 75.1 Å². The summed E-state index contributed by atoms with van der Waals surface area (Å²) in [6, 6.07) is 3.18. The van der Waals surface area contributed by atoms with Crippen LogP contribution >= 0.6 is 0 Å². The van der Waals surface area contributed by atoms with Gasteiger partial charge in [-0.3, -0.25) is 9.59 Å². The van der Waals surface area contributed by atoms with E-state index < -0.39 is 0 Å². The molecule has 1 amide bonds. The molecule has 3 N–H and O–H groups in total. The second-order valence-electron chi connectivity index (χ2n) is 2.56. The maximum Gasteiger partial charge on any atom is 0.248 e. The van der Waals surface area contributed by atoms with E-state index >= 15 is 0 Å². The van der Waals surface area contributed by atoms with Crippen LogP contribution in [0.3, 0.4) is 0 Å². The van der Waals surface area contributed by atoms with E-state index in [2.05, 4.69) is 4.98 Å². The zero-order valence-corrected chi connectivity index (χ0v) is 6.99. The summed E-state index contributed by atoms with van der Waals surface area (Å²) >= 11 is 0. The summed E-state index contributed by atoms with van der Waals surface area (Å²) in [4.78, 5) is 23.7. The van der Waals surface area contributed by atoms with Crippen LogP contribution in [0.1, 0.15) is 12.0 Å². The number of rotatable bonds is 3. The lowest BCUT2D eigenvalue weighted by atomic mass is 10.2. The second-order valence-corrected chi connectivity index (χ2v) is 2.56. The van der Waals surface area contributed by atoms with Gasteiger partial charge in [0, 0.05) is 18.7 Å². The van der Waals surface area contributed by atoms with Gasteiger partial charge in [-0.15, -0.1) is 0 Å². The second kappa shape index (κ2) is 4.25. The van der Waals surface area contributed by atoms with Gasteiger partial charge < -0.3 is 10.7 Å². The molecule has 0 bridgehead atoms. The first kappa shape index (κ1) is 9.25. The molecule has 0 radical (unpaired) electrons. The normalized spacial score (nSPS) is 10.5. The summed E-state index contributed by atoms with van der Waals surface area (Å²) in [5.41, 5.74) is 5.52. The van der Waals surface area contributed by atoms with Crippen molar-refractivity contribution in [3.05, 3.63) is 40.3 Å². The maximum atomic E-state index is 10.8. The average Bonchev–Trinajstić information content (AvgIpc) is 2.03. The third-order valence-electron chi connectivity index (χ3n) is 1.43. The fourth-order valence-corrected chi connectivity index (χ4v) is 0.876. The van der Waals surface area contributed by atoms with Crippen LogP contribution in [0, 0.1) is 0 Å². The molecule has 0 aliphatic rings. The van der Waals surface area contributed by atoms with E-state index in [4.69, 9.17) is 5.73 Å². The molecule has 4 heteroatoms. The van der Waals surface area contributed by atoms with Crippen LogP contribution in [0.4, 0.5) is 0 Å². The van der Waals surface area contributed by atoms with Crippen LogP contribution < -0.4 is 11.3 Å². The smallest absolute Gasteiger partial charge is 0.248 e. The monoisotopic (exact) mass is 178 g/mol. The fourth-order valence-electron chi connectivity index (χ4n) is 0.876. The van der Waals surface area contributed by atoms with Crippen molar-refractivity contribution in [1.29, 1.82) is 0 Å². The molecular weight excluding hydrogens is 168 g/mol. The number of aromatic amines is 1. The molecule has 1 rings (SSSR count). The lowest BCUT2D eigenvalue weighted by molar-refractivity contribution is -0.117. The minimum atomic E-state index is -0.388. The molecule has 0 aliphatic heterocycles. The van der Waals surface area contributed by atoms with Crippen LogP contribution in [0.25, 0.3) is 6.08 Å². The molecule has 4 nitrogen and oxygen atoms in total. The number of nitrogens with one attached hydrogen (secondary N) is 1. The van der Waals surface area contributed by atoms with Gasteiger partial charge in [-0.05, 0) is 11.6 Å². The molecule has 0 saturated heterocycles. The zero-order chi connectivity index (χ0) is 9.68. The van der Waals surface area contributed by atoms with Gasteiger partial charge in [0.25, 0.3) is 0 Å². The Morgan fingerprint density at radius 1 is 1.62 bits per heavy atom. The third kappa shape index (κ3) is 3.37. The van der Waals surface area contributed by atoms with Crippen molar-refractivity contribution in [3.8, 4) is 0 Å². The minimum absolute atomic E-state index is 0.166. The zero-order valence-electron chi connectivity index (χ0n) is 6.99. The van der Waals surface area contributed by atoms with Gasteiger partial charge in [0.1, 0.15) is 0 Å². The number of hydrogen-bond donors (Lipinski definition) is 2. The van der Waals surface area contributed by atoms with Crippen LogP contribution in [0.2, 0.25) is 0 Å². The summed E-state index contributed by atoms with van der Waals surface area (Å²) in [6.07, 6.45) is 5.04. The van der Waals surface area contributed by atoms with Crippen LogP contribution in [0.5, 0.6) is 0 Å². The van der Waals surface area contributed by atoms with Gasteiger partial charge in [-0.1, -0.05) is 12.2 Å². The number of pyridine rings is 1. The summed E-state index contributed by atoms with van der Waals surface area (Å²) in [5.74, 6) is -0.388. The van der Waals surface area contributed by atoms with Crippen LogP contribution in [0.15, 0.2) is 29.2 Å². The molecule has 1 heterocycles. The van der Waals surface area contributed by atoms with Gasteiger partial charge in [0.15, 0.2) is 0 Å². The van der Waals surface area contributed by atoms with E-state index in [1.807, 2.05) is 0 Å².